The zero-order valence-electron chi connectivity index (χ0n) is 45.2. The average Bonchev–Trinajstić information content (AvgIpc) is 4.25. The van der Waals surface area contributed by atoms with Gasteiger partial charge in [0, 0.05) is 11.1 Å². The Balaban J connectivity index is 0.000000226. The van der Waals surface area contributed by atoms with E-state index >= 15 is 0 Å². The van der Waals surface area contributed by atoms with E-state index in [2.05, 4.69) is 20.9 Å². The third kappa shape index (κ3) is 15.0. The number of hydrogen-bond acceptors (Lipinski definition) is 14. The van der Waals surface area contributed by atoms with Crippen LogP contribution in [-0.4, -0.2) is 91.0 Å². The Kier molecular flexibility index (Phi) is 20.1. The number of amides is 2. The zero-order valence-corrected chi connectivity index (χ0v) is 46.8. The first-order chi connectivity index (χ1) is 37.5. The third-order valence-electron chi connectivity index (χ3n) is 12.3. The van der Waals surface area contributed by atoms with Crippen LogP contribution in [0.15, 0.2) is 187 Å². The number of rotatable bonds is 18. The van der Waals surface area contributed by atoms with Crippen molar-refractivity contribution in [2.45, 2.75) is 87.4 Å². The summed E-state index contributed by atoms with van der Waals surface area (Å²) in [6.07, 6.45) is -1.17. The number of nitrogens with one attached hydrogen (secondary N) is 3. The summed E-state index contributed by atoms with van der Waals surface area (Å²) in [6, 6.07) is 58.3. The maximum Gasteiger partial charge on any atom is 0.408 e. The summed E-state index contributed by atoms with van der Waals surface area (Å²) >= 11 is 2.78. The molecule has 1 fully saturated rings. The fourth-order valence-corrected chi connectivity index (χ4v) is 11.0. The van der Waals surface area contributed by atoms with Crippen molar-refractivity contribution in [3.63, 3.8) is 0 Å². The zero-order chi connectivity index (χ0) is 55.8. The van der Waals surface area contributed by atoms with Gasteiger partial charge in [0.1, 0.15) is 39.5 Å². The Morgan fingerprint density at radius 3 is 1.28 bits per heavy atom. The van der Waals surface area contributed by atoms with Crippen LogP contribution in [0.1, 0.15) is 96.5 Å². The molecule has 78 heavy (non-hydrogen) atoms. The summed E-state index contributed by atoms with van der Waals surface area (Å²) in [7, 11) is 2.67. The molecule has 1 aliphatic heterocycles. The van der Waals surface area contributed by atoms with Crippen molar-refractivity contribution in [1.82, 2.24) is 20.9 Å². The number of thioether (sulfide) groups is 1. The number of esters is 2. The third-order valence-corrected chi connectivity index (χ3v) is 14.6. The maximum absolute atomic E-state index is 12.9. The Morgan fingerprint density at radius 1 is 0.551 bits per heavy atom. The molecule has 0 aliphatic carbocycles. The number of hydrogen-bond donors (Lipinski definition) is 3. The number of alkyl carbamates (subject to hydrolysis) is 2. The number of thiazole rings is 1. The largest absolute Gasteiger partial charge is 0.468 e. The molecule has 2 heterocycles. The molecular formula is C62H68N4O10S2. The van der Waals surface area contributed by atoms with Crippen LogP contribution in [0, 0.1) is 0 Å². The fourth-order valence-electron chi connectivity index (χ4n) is 8.90. The Labute approximate surface area is 465 Å². The summed E-state index contributed by atoms with van der Waals surface area (Å²) < 4.78 is 34.8. The molecule has 0 radical (unpaired) electrons. The van der Waals surface area contributed by atoms with Crippen LogP contribution in [0.25, 0.3) is 0 Å². The summed E-state index contributed by atoms with van der Waals surface area (Å²) in [4.78, 5) is 54.6. The molecule has 1 aromatic heterocycles. The molecule has 14 nitrogen and oxygen atoms in total. The van der Waals surface area contributed by atoms with E-state index in [0.29, 0.717) is 10.8 Å². The first-order valence-electron chi connectivity index (χ1n) is 25.5. The molecule has 4 atom stereocenters. The van der Waals surface area contributed by atoms with E-state index in [9.17, 15) is 19.2 Å². The van der Waals surface area contributed by atoms with Gasteiger partial charge >= 0.3 is 24.1 Å². The van der Waals surface area contributed by atoms with E-state index in [0.717, 1.165) is 33.4 Å². The van der Waals surface area contributed by atoms with Crippen LogP contribution in [0.2, 0.25) is 0 Å². The standard InChI is InChI=1S/C31H36N2O5S.C31H32N2O5S/c2*1-30(2,3)38-29(35)33-25(27-32-26(21-39-27)28(34)36-4)20-37-31(22-14-8-5-9-15-22,23-16-10-6-11-17-23)24-18-12-7-13-19-24/h5-19,25-27,32H,20-21H2,1-4H3,(H,33,35);5-19,21,25H,20H2,1-4H3,(H,33,35)/t25?,26-,27?;/m0./s1. The van der Waals surface area contributed by atoms with Crippen LogP contribution < -0.4 is 16.0 Å². The lowest BCUT2D eigenvalue weighted by molar-refractivity contribution is -0.142. The molecule has 7 aromatic rings. The van der Waals surface area contributed by atoms with E-state index in [1.165, 1.54) is 37.3 Å². The van der Waals surface area contributed by atoms with Crippen LogP contribution >= 0.6 is 23.1 Å². The lowest BCUT2D eigenvalue weighted by Gasteiger charge is -2.38. The second-order valence-corrected chi connectivity index (χ2v) is 22.3. The summed E-state index contributed by atoms with van der Waals surface area (Å²) in [5.41, 5.74) is 2.48. The molecule has 1 saturated heterocycles. The Hall–Kier alpha value is -7.34. The first kappa shape index (κ1) is 58.3. The van der Waals surface area contributed by atoms with Gasteiger partial charge < -0.3 is 39.1 Å². The molecule has 3 N–H and O–H groups in total. The predicted octanol–water partition coefficient (Wildman–Crippen LogP) is 11.6. The van der Waals surface area contributed by atoms with Crippen molar-refractivity contribution < 1.29 is 47.6 Å². The minimum absolute atomic E-state index is 0.0338. The molecule has 3 unspecified atom stereocenters. The molecule has 16 heteroatoms. The molecular weight excluding hydrogens is 1020 g/mol. The molecule has 0 spiro atoms. The second kappa shape index (κ2) is 26.8. The topological polar surface area (TPSA) is 173 Å². The lowest BCUT2D eigenvalue weighted by atomic mass is 9.80. The van der Waals surface area contributed by atoms with Gasteiger partial charge in [-0.25, -0.2) is 19.4 Å². The van der Waals surface area contributed by atoms with Crippen LogP contribution in [0.3, 0.4) is 0 Å². The fraction of sp³-hybridized carbons (Fsp3) is 0.306. The first-order valence-corrected chi connectivity index (χ1v) is 27.5. The number of benzene rings is 6. The van der Waals surface area contributed by atoms with Crippen LogP contribution in [-0.2, 0) is 44.4 Å². The minimum atomic E-state index is -1.000. The van der Waals surface area contributed by atoms with Crippen molar-refractivity contribution >= 4 is 47.2 Å². The molecule has 0 bridgehead atoms. The summed E-state index contributed by atoms with van der Waals surface area (Å²) in [6.45, 7) is 11.0. The van der Waals surface area contributed by atoms with Gasteiger partial charge in [0.2, 0.25) is 0 Å². The highest BCUT2D eigenvalue weighted by molar-refractivity contribution is 8.00. The molecule has 6 aromatic carbocycles. The molecule has 408 valence electrons. The van der Waals surface area contributed by atoms with Crippen molar-refractivity contribution in [3.05, 3.63) is 231 Å². The highest BCUT2D eigenvalue weighted by atomic mass is 32.2. The lowest BCUT2D eigenvalue weighted by Crippen LogP contribution is -2.53. The van der Waals surface area contributed by atoms with Gasteiger partial charge in [-0.3, -0.25) is 10.1 Å². The number of aromatic nitrogens is 1. The van der Waals surface area contributed by atoms with Gasteiger partial charge in [0.05, 0.1) is 38.8 Å². The predicted molar refractivity (Wildman–Crippen MR) is 304 cm³/mol. The molecule has 2 amide bonds. The van der Waals surface area contributed by atoms with Crippen molar-refractivity contribution in [3.8, 4) is 0 Å². The highest BCUT2D eigenvalue weighted by Crippen LogP contribution is 2.43. The smallest absolute Gasteiger partial charge is 0.408 e. The van der Waals surface area contributed by atoms with Crippen molar-refractivity contribution in [1.29, 1.82) is 0 Å². The van der Waals surface area contributed by atoms with E-state index in [4.69, 9.17) is 28.4 Å². The number of nitrogens with zero attached hydrogens (tertiary/aromatic N) is 1. The van der Waals surface area contributed by atoms with Gasteiger partial charge in [-0.15, -0.1) is 23.1 Å². The van der Waals surface area contributed by atoms with Crippen molar-refractivity contribution in [2.75, 3.05) is 33.2 Å². The van der Waals surface area contributed by atoms with Crippen LogP contribution in [0.5, 0.6) is 0 Å². The van der Waals surface area contributed by atoms with E-state index < -0.39 is 58.7 Å². The molecule has 1 aliphatic rings. The summed E-state index contributed by atoms with van der Waals surface area (Å²) in [5.74, 6) is -0.374. The maximum atomic E-state index is 12.9. The quantitative estimate of drug-likeness (QED) is 0.0421. The molecule has 0 saturated carbocycles. The monoisotopic (exact) mass is 1090 g/mol. The molecule has 8 rings (SSSR count). The van der Waals surface area contributed by atoms with E-state index in [1.54, 1.807) is 26.2 Å². The van der Waals surface area contributed by atoms with Crippen molar-refractivity contribution in [2.24, 2.45) is 0 Å². The van der Waals surface area contributed by atoms with Gasteiger partial charge in [-0.2, -0.15) is 0 Å². The number of methoxy groups -OCH3 is 2. The number of carbonyl (C=O) groups is 4. The summed E-state index contributed by atoms with van der Waals surface area (Å²) in [5, 5.41) is 11.0. The minimum Gasteiger partial charge on any atom is -0.468 e. The van der Waals surface area contributed by atoms with Gasteiger partial charge in [-0.05, 0) is 74.9 Å². The van der Waals surface area contributed by atoms with E-state index in [-0.39, 0.29) is 30.3 Å². The van der Waals surface area contributed by atoms with E-state index in [1.807, 2.05) is 203 Å². The second-order valence-electron chi connectivity index (χ2n) is 20.2. The normalized spacial score (nSPS) is 15.3. The van der Waals surface area contributed by atoms with Gasteiger partial charge in [-0.1, -0.05) is 182 Å². The van der Waals surface area contributed by atoms with Gasteiger partial charge in [0.15, 0.2) is 5.69 Å². The highest BCUT2D eigenvalue weighted by Gasteiger charge is 2.43. The Morgan fingerprint density at radius 2 is 0.923 bits per heavy atom. The SMILES string of the molecule is COC(=O)[C@@H]1CSC(C(COC(c2ccccc2)(c2ccccc2)c2ccccc2)NC(=O)OC(C)(C)C)N1.COC(=O)c1csc(C(COC(c2ccccc2)(c2ccccc2)c2ccccc2)NC(=O)OC(C)(C)C)n1. The Bertz CT molecular complexity index is 2800. The van der Waals surface area contributed by atoms with Gasteiger partial charge in [0.25, 0.3) is 0 Å². The average molecular weight is 1090 g/mol. The number of ether oxygens (including phenoxy) is 6. The number of carbonyl (C=O) groups excluding carboxylic acids is 4. The van der Waals surface area contributed by atoms with Crippen LogP contribution in [0.4, 0.5) is 9.59 Å².